The minimum absolute atomic E-state index is 0.225. The van der Waals surface area contributed by atoms with E-state index in [0.29, 0.717) is 12.3 Å². The van der Waals surface area contributed by atoms with Gasteiger partial charge < -0.3 is 9.84 Å². The summed E-state index contributed by atoms with van der Waals surface area (Å²) < 4.78 is 5.33. The lowest BCUT2D eigenvalue weighted by atomic mass is 10.1. The van der Waals surface area contributed by atoms with Crippen LogP contribution in [0.1, 0.15) is 22.5 Å². The van der Waals surface area contributed by atoms with E-state index in [2.05, 4.69) is 32.8 Å². The van der Waals surface area contributed by atoms with Crippen molar-refractivity contribution in [3.8, 4) is 11.3 Å². The molecule has 0 aliphatic carbocycles. The molecular weight excluding hydrogens is 328 g/mol. The first-order valence-corrected chi connectivity index (χ1v) is 8.52. The Morgan fingerprint density at radius 1 is 1.12 bits per heavy atom. The van der Waals surface area contributed by atoms with E-state index in [0.717, 1.165) is 29.3 Å². The van der Waals surface area contributed by atoms with Crippen LogP contribution in [0.25, 0.3) is 22.2 Å². The number of nitrogens with zero attached hydrogens (tertiary/aromatic N) is 2. The molecular formula is C20H18N4O2. The molecule has 0 aliphatic rings. The zero-order chi connectivity index (χ0) is 17.8. The summed E-state index contributed by atoms with van der Waals surface area (Å²) in [6, 6.07) is 17.6. The molecule has 4 rings (SSSR count). The molecule has 0 spiro atoms. The van der Waals surface area contributed by atoms with Gasteiger partial charge in [-0.1, -0.05) is 35.5 Å². The zero-order valence-corrected chi connectivity index (χ0v) is 14.1. The Hall–Kier alpha value is -3.41. The Morgan fingerprint density at radius 2 is 2.00 bits per heavy atom. The maximum Gasteiger partial charge on any atom is 0.273 e. The molecule has 1 amide bonds. The van der Waals surface area contributed by atoms with Gasteiger partial charge in [-0.2, -0.15) is 5.10 Å². The average molecular weight is 346 g/mol. The molecule has 0 bridgehead atoms. The first kappa shape index (κ1) is 16.1. The monoisotopic (exact) mass is 346 g/mol. The number of carbonyl (C=O) groups excluding carboxylic acids is 1. The molecule has 4 aromatic rings. The molecule has 6 heteroatoms. The SMILES string of the molecule is O=C(NCCCc1ccccc1)c1cc(-c2ccc3[nH]ncc3c2)on1. The molecule has 0 saturated heterocycles. The van der Waals surface area contributed by atoms with E-state index in [1.54, 1.807) is 12.3 Å². The van der Waals surface area contributed by atoms with Crippen LogP contribution >= 0.6 is 0 Å². The third kappa shape index (κ3) is 3.49. The van der Waals surface area contributed by atoms with E-state index >= 15 is 0 Å². The van der Waals surface area contributed by atoms with E-state index in [1.807, 2.05) is 36.4 Å². The topological polar surface area (TPSA) is 83.8 Å². The van der Waals surface area contributed by atoms with Crippen LogP contribution in [0, 0.1) is 0 Å². The Balaban J connectivity index is 1.35. The quantitative estimate of drug-likeness (QED) is 0.523. The highest BCUT2D eigenvalue weighted by atomic mass is 16.5. The summed E-state index contributed by atoms with van der Waals surface area (Å²) in [5.74, 6) is 0.333. The van der Waals surface area contributed by atoms with Crippen LogP contribution in [0.2, 0.25) is 0 Å². The van der Waals surface area contributed by atoms with E-state index in [9.17, 15) is 4.79 Å². The van der Waals surface area contributed by atoms with Gasteiger partial charge in [-0.15, -0.1) is 0 Å². The van der Waals surface area contributed by atoms with Gasteiger partial charge in [0, 0.05) is 23.6 Å². The largest absolute Gasteiger partial charge is 0.355 e. The van der Waals surface area contributed by atoms with Gasteiger partial charge >= 0.3 is 0 Å². The summed E-state index contributed by atoms with van der Waals surface area (Å²) in [7, 11) is 0. The minimum atomic E-state index is -0.225. The van der Waals surface area contributed by atoms with Gasteiger partial charge in [0.2, 0.25) is 0 Å². The lowest BCUT2D eigenvalue weighted by molar-refractivity contribution is 0.0944. The number of aromatic nitrogens is 3. The zero-order valence-electron chi connectivity index (χ0n) is 14.1. The van der Waals surface area contributed by atoms with Crippen molar-refractivity contribution in [1.82, 2.24) is 20.7 Å². The summed E-state index contributed by atoms with van der Waals surface area (Å²) in [4.78, 5) is 12.2. The van der Waals surface area contributed by atoms with Crippen LogP contribution in [0.4, 0.5) is 0 Å². The fourth-order valence-corrected chi connectivity index (χ4v) is 2.84. The number of aryl methyl sites for hydroxylation is 1. The molecule has 0 saturated carbocycles. The number of hydrogen-bond donors (Lipinski definition) is 2. The second kappa shape index (κ2) is 7.23. The number of benzene rings is 2. The summed E-state index contributed by atoms with van der Waals surface area (Å²) in [6.07, 6.45) is 3.54. The van der Waals surface area contributed by atoms with Crippen molar-refractivity contribution in [3.05, 3.63) is 72.1 Å². The van der Waals surface area contributed by atoms with Crippen LogP contribution in [-0.2, 0) is 6.42 Å². The molecule has 130 valence electrons. The molecule has 0 radical (unpaired) electrons. The van der Waals surface area contributed by atoms with E-state index in [1.165, 1.54) is 5.56 Å². The molecule has 2 heterocycles. The van der Waals surface area contributed by atoms with Crippen molar-refractivity contribution in [1.29, 1.82) is 0 Å². The van der Waals surface area contributed by atoms with Crippen molar-refractivity contribution < 1.29 is 9.32 Å². The summed E-state index contributed by atoms with van der Waals surface area (Å²) in [5.41, 5.74) is 3.35. The van der Waals surface area contributed by atoms with Crippen molar-refractivity contribution in [2.75, 3.05) is 6.54 Å². The first-order chi connectivity index (χ1) is 12.8. The minimum Gasteiger partial charge on any atom is -0.355 e. The first-order valence-electron chi connectivity index (χ1n) is 8.52. The van der Waals surface area contributed by atoms with Gasteiger partial charge in [-0.3, -0.25) is 9.89 Å². The van der Waals surface area contributed by atoms with Crippen LogP contribution in [0.5, 0.6) is 0 Å². The second-order valence-electron chi connectivity index (χ2n) is 6.09. The van der Waals surface area contributed by atoms with Gasteiger partial charge in [0.25, 0.3) is 5.91 Å². The fraction of sp³-hybridized carbons (Fsp3) is 0.150. The Kier molecular flexibility index (Phi) is 4.47. The standard InChI is InChI=1S/C20H18N4O2/c25-20(21-10-4-7-14-5-2-1-3-6-14)18-12-19(26-24-18)15-8-9-17-16(11-15)13-22-23-17/h1-3,5-6,8-9,11-13H,4,7,10H2,(H,21,25)(H,22,23). The highest BCUT2D eigenvalue weighted by Gasteiger charge is 2.13. The lowest BCUT2D eigenvalue weighted by Crippen LogP contribution is -2.25. The molecule has 0 fully saturated rings. The van der Waals surface area contributed by atoms with Crippen LogP contribution < -0.4 is 5.32 Å². The summed E-state index contributed by atoms with van der Waals surface area (Å²) in [5, 5.41) is 14.6. The van der Waals surface area contributed by atoms with Crippen molar-refractivity contribution in [2.45, 2.75) is 12.8 Å². The van der Waals surface area contributed by atoms with Gasteiger partial charge in [0.15, 0.2) is 11.5 Å². The van der Waals surface area contributed by atoms with Crippen LogP contribution in [0.15, 0.2) is 65.3 Å². The summed E-state index contributed by atoms with van der Waals surface area (Å²) >= 11 is 0. The number of fused-ring (bicyclic) bond motifs is 1. The highest BCUT2D eigenvalue weighted by molar-refractivity contribution is 5.93. The maximum absolute atomic E-state index is 12.2. The number of rotatable bonds is 6. The third-order valence-electron chi connectivity index (χ3n) is 4.24. The number of hydrogen-bond acceptors (Lipinski definition) is 4. The number of H-pyrrole nitrogens is 1. The van der Waals surface area contributed by atoms with Crippen LogP contribution in [-0.4, -0.2) is 27.8 Å². The van der Waals surface area contributed by atoms with E-state index in [-0.39, 0.29) is 11.6 Å². The number of nitrogens with one attached hydrogen (secondary N) is 2. The van der Waals surface area contributed by atoms with Crippen molar-refractivity contribution in [2.24, 2.45) is 0 Å². The van der Waals surface area contributed by atoms with Gasteiger partial charge in [0.1, 0.15) is 0 Å². The van der Waals surface area contributed by atoms with Gasteiger partial charge in [0.05, 0.1) is 11.7 Å². The Morgan fingerprint density at radius 3 is 2.88 bits per heavy atom. The number of aromatic amines is 1. The normalized spacial score (nSPS) is 10.9. The van der Waals surface area contributed by atoms with Gasteiger partial charge in [-0.25, -0.2) is 0 Å². The average Bonchev–Trinajstić information content (AvgIpc) is 3.34. The molecule has 2 aromatic heterocycles. The molecule has 0 aliphatic heterocycles. The predicted molar refractivity (Wildman–Crippen MR) is 98.7 cm³/mol. The maximum atomic E-state index is 12.2. The Bertz CT molecular complexity index is 1020. The molecule has 6 nitrogen and oxygen atoms in total. The second-order valence-corrected chi connectivity index (χ2v) is 6.09. The molecule has 0 unspecified atom stereocenters. The van der Waals surface area contributed by atoms with Crippen molar-refractivity contribution >= 4 is 16.8 Å². The van der Waals surface area contributed by atoms with Gasteiger partial charge in [-0.05, 0) is 36.6 Å². The smallest absolute Gasteiger partial charge is 0.273 e. The van der Waals surface area contributed by atoms with Crippen molar-refractivity contribution in [3.63, 3.8) is 0 Å². The molecule has 0 atom stereocenters. The molecule has 26 heavy (non-hydrogen) atoms. The summed E-state index contributed by atoms with van der Waals surface area (Å²) in [6.45, 7) is 0.594. The fourth-order valence-electron chi connectivity index (χ4n) is 2.84. The molecule has 2 aromatic carbocycles. The van der Waals surface area contributed by atoms with Crippen LogP contribution in [0.3, 0.4) is 0 Å². The third-order valence-corrected chi connectivity index (χ3v) is 4.24. The van der Waals surface area contributed by atoms with E-state index in [4.69, 9.17) is 4.52 Å². The van der Waals surface area contributed by atoms with E-state index < -0.39 is 0 Å². The number of carbonyl (C=O) groups is 1. The lowest BCUT2D eigenvalue weighted by Gasteiger charge is -2.03. The Labute approximate surface area is 150 Å². The molecule has 2 N–H and O–H groups in total. The predicted octanol–water partition coefficient (Wildman–Crippen LogP) is 3.58. The number of amides is 1. The highest BCUT2D eigenvalue weighted by Crippen LogP contribution is 2.24.